The third-order valence-corrected chi connectivity index (χ3v) is 4.48. The maximum atomic E-state index is 11.9. The van der Waals surface area contributed by atoms with Crippen molar-refractivity contribution in [2.45, 2.75) is 17.7 Å². The van der Waals surface area contributed by atoms with Crippen molar-refractivity contribution in [1.82, 2.24) is 10.2 Å². The lowest BCUT2D eigenvalue weighted by atomic mass is 10.2. The van der Waals surface area contributed by atoms with Gasteiger partial charge in [0.05, 0.1) is 17.9 Å². The van der Waals surface area contributed by atoms with Crippen LogP contribution in [0, 0.1) is 0 Å². The van der Waals surface area contributed by atoms with Gasteiger partial charge in [-0.3, -0.25) is 4.79 Å². The summed E-state index contributed by atoms with van der Waals surface area (Å²) < 4.78 is 5.68. The molecule has 0 aliphatic rings. The molecule has 0 saturated heterocycles. The summed E-state index contributed by atoms with van der Waals surface area (Å²) in [7, 11) is 0. The van der Waals surface area contributed by atoms with Crippen LogP contribution in [0.15, 0.2) is 28.6 Å². The maximum absolute atomic E-state index is 11.9. The average Bonchev–Trinajstić information content (AvgIpc) is 2.97. The number of amides is 1. The van der Waals surface area contributed by atoms with Crippen molar-refractivity contribution in [3.05, 3.63) is 29.8 Å². The van der Waals surface area contributed by atoms with Crippen molar-refractivity contribution < 1.29 is 14.3 Å². The van der Waals surface area contributed by atoms with E-state index in [1.807, 2.05) is 6.92 Å². The topological polar surface area (TPSA) is 107 Å². The molecule has 2 aromatic rings. The molecule has 0 spiro atoms. The van der Waals surface area contributed by atoms with E-state index in [0.29, 0.717) is 27.3 Å². The van der Waals surface area contributed by atoms with E-state index < -0.39 is 0 Å². The number of nitrogens with two attached hydrogens (primary N) is 1. The highest BCUT2D eigenvalue weighted by Gasteiger charge is 2.09. The summed E-state index contributed by atoms with van der Waals surface area (Å²) >= 11 is 2.50. The predicted octanol–water partition coefficient (Wildman–Crippen LogP) is 2.42. The number of benzene rings is 1. The fraction of sp³-hybridized carbons (Fsp3) is 0.286. The van der Waals surface area contributed by atoms with E-state index in [9.17, 15) is 9.59 Å². The van der Waals surface area contributed by atoms with Crippen LogP contribution < -0.4 is 11.1 Å². The second-order valence-electron chi connectivity index (χ2n) is 4.46. The average molecular weight is 352 g/mol. The molecule has 0 fully saturated rings. The smallest absolute Gasteiger partial charge is 0.338 e. The number of aromatic nitrogens is 2. The molecule has 23 heavy (non-hydrogen) atoms. The third kappa shape index (κ3) is 5.53. The van der Waals surface area contributed by atoms with Crippen LogP contribution in [-0.4, -0.2) is 34.4 Å². The minimum atomic E-state index is -0.367. The molecule has 0 saturated carbocycles. The van der Waals surface area contributed by atoms with Crippen molar-refractivity contribution in [3.8, 4) is 0 Å². The number of nitrogens with zero attached hydrogens (tertiary/aromatic N) is 2. The number of hydrogen-bond acceptors (Lipinski definition) is 8. The number of thioether (sulfide) groups is 1. The third-order valence-electron chi connectivity index (χ3n) is 2.59. The molecule has 9 heteroatoms. The van der Waals surface area contributed by atoms with Gasteiger partial charge in [-0.1, -0.05) is 30.0 Å². The molecule has 122 valence electrons. The fourth-order valence-corrected chi connectivity index (χ4v) is 3.01. The van der Waals surface area contributed by atoms with Crippen molar-refractivity contribution in [2.24, 2.45) is 0 Å². The van der Waals surface area contributed by atoms with E-state index in [1.54, 1.807) is 24.3 Å². The molecule has 0 atom stereocenters. The summed E-state index contributed by atoms with van der Waals surface area (Å²) in [6.07, 6.45) is 0.776. The number of carbonyl (C=O) groups is 2. The van der Waals surface area contributed by atoms with Gasteiger partial charge in [-0.15, -0.1) is 10.2 Å². The predicted molar refractivity (Wildman–Crippen MR) is 90.7 cm³/mol. The highest BCUT2D eigenvalue weighted by atomic mass is 32.2. The van der Waals surface area contributed by atoms with Gasteiger partial charge < -0.3 is 15.8 Å². The fourth-order valence-electron chi connectivity index (χ4n) is 1.57. The van der Waals surface area contributed by atoms with Crippen molar-refractivity contribution >= 4 is 45.8 Å². The molecule has 1 aromatic carbocycles. The highest BCUT2D eigenvalue weighted by molar-refractivity contribution is 8.01. The molecule has 3 N–H and O–H groups in total. The van der Waals surface area contributed by atoms with E-state index in [4.69, 9.17) is 10.5 Å². The van der Waals surface area contributed by atoms with Crippen LogP contribution in [0.3, 0.4) is 0 Å². The molecule has 0 radical (unpaired) electrons. The molecule has 2 rings (SSSR count). The number of carbonyl (C=O) groups excluding carboxylic acids is 2. The SMILES string of the molecule is CCCOC(=O)c1ccc(NC(=O)CSc2nnc(N)s2)cc1. The summed E-state index contributed by atoms with van der Waals surface area (Å²) in [4.78, 5) is 23.5. The second-order valence-corrected chi connectivity index (χ2v) is 6.69. The van der Waals surface area contributed by atoms with Crippen LogP contribution in [0.4, 0.5) is 10.8 Å². The first kappa shape index (κ1) is 17.2. The standard InChI is InChI=1S/C14H16N4O3S2/c1-2-7-21-12(20)9-3-5-10(6-4-9)16-11(19)8-22-14-18-17-13(15)23-14/h3-6H,2,7-8H2,1H3,(H2,15,17)(H,16,19). The molecule has 7 nitrogen and oxygen atoms in total. The summed E-state index contributed by atoms with van der Waals surface area (Å²) in [6, 6.07) is 6.56. The van der Waals surface area contributed by atoms with Crippen LogP contribution in [0.5, 0.6) is 0 Å². The van der Waals surface area contributed by atoms with Gasteiger partial charge in [0, 0.05) is 5.69 Å². The minimum absolute atomic E-state index is 0.176. The molecule has 1 aromatic heterocycles. The second kappa shape index (κ2) is 8.49. The normalized spacial score (nSPS) is 10.3. The number of esters is 1. The van der Waals surface area contributed by atoms with Gasteiger partial charge >= 0.3 is 5.97 Å². The first-order valence-electron chi connectivity index (χ1n) is 6.87. The molecule has 0 unspecified atom stereocenters. The summed E-state index contributed by atoms with van der Waals surface area (Å²) in [6.45, 7) is 2.32. The summed E-state index contributed by atoms with van der Waals surface area (Å²) in [5.74, 6) is -0.339. The molecule has 0 aliphatic heterocycles. The van der Waals surface area contributed by atoms with E-state index in [2.05, 4.69) is 15.5 Å². The first-order valence-corrected chi connectivity index (χ1v) is 8.67. The van der Waals surface area contributed by atoms with Crippen LogP contribution in [0.1, 0.15) is 23.7 Å². The Kier molecular flexibility index (Phi) is 6.36. The molecule has 1 amide bonds. The van der Waals surface area contributed by atoms with Gasteiger partial charge in [-0.25, -0.2) is 4.79 Å². The monoisotopic (exact) mass is 352 g/mol. The number of hydrogen-bond donors (Lipinski definition) is 2. The Hall–Kier alpha value is -2.13. The van der Waals surface area contributed by atoms with Gasteiger partial charge in [-0.2, -0.15) is 0 Å². The number of anilines is 2. The number of nitrogens with one attached hydrogen (secondary N) is 1. The number of ether oxygens (including phenoxy) is 1. The largest absolute Gasteiger partial charge is 0.462 e. The van der Waals surface area contributed by atoms with Crippen LogP contribution >= 0.6 is 23.1 Å². The zero-order valence-electron chi connectivity index (χ0n) is 12.4. The Bertz CT molecular complexity index is 673. The lowest BCUT2D eigenvalue weighted by Gasteiger charge is -2.06. The Morgan fingerprint density at radius 3 is 2.65 bits per heavy atom. The van der Waals surface area contributed by atoms with E-state index in [-0.39, 0.29) is 17.6 Å². The van der Waals surface area contributed by atoms with Gasteiger partial charge in [-0.05, 0) is 30.7 Å². The van der Waals surface area contributed by atoms with Crippen molar-refractivity contribution in [1.29, 1.82) is 0 Å². The molecule has 0 bridgehead atoms. The van der Waals surface area contributed by atoms with Crippen LogP contribution in [-0.2, 0) is 9.53 Å². The van der Waals surface area contributed by atoms with Gasteiger partial charge in [0.2, 0.25) is 11.0 Å². The van der Waals surface area contributed by atoms with Crippen molar-refractivity contribution in [2.75, 3.05) is 23.4 Å². The number of rotatable bonds is 7. The molecule has 1 heterocycles. The zero-order chi connectivity index (χ0) is 16.7. The Morgan fingerprint density at radius 2 is 2.04 bits per heavy atom. The molecular weight excluding hydrogens is 336 g/mol. The Labute approximate surface area is 141 Å². The lowest BCUT2D eigenvalue weighted by Crippen LogP contribution is -2.14. The van der Waals surface area contributed by atoms with Gasteiger partial charge in [0.1, 0.15) is 0 Å². The number of nitrogen functional groups attached to an aromatic ring is 1. The Morgan fingerprint density at radius 1 is 1.30 bits per heavy atom. The summed E-state index contributed by atoms with van der Waals surface area (Å²) in [5, 5.41) is 10.6. The lowest BCUT2D eigenvalue weighted by molar-refractivity contribution is -0.113. The highest BCUT2D eigenvalue weighted by Crippen LogP contribution is 2.23. The Balaban J connectivity index is 1.82. The first-order chi connectivity index (χ1) is 11.1. The van der Waals surface area contributed by atoms with Gasteiger partial charge in [0.15, 0.2) is 4.34 Å². The van der Waals surface area contributed by atoms with Crippen LogP contribution in [0.25, 0.3) is 0 Å². The van der Waals surface area contributed by atoms with E-state index >= 15 is 0 Å². The molecule has 0 aliphatic carbocycles. The zero-order valence-corrected chi connectivity index (χ0v) is 14.1. The van der Waals surface area contributed by atoms with E-state index in [1.165, 1.54) is 23.1 Å². The summed E-state index contributed by atoms with van der Waals surface area (Å²) in [5.41, 5.74) is 6.54. The van der Waals surface area contributed by atoms with Gasteiger partial charge in [0.25, 0.3) is 0 Å². The molecular formula is C14H16N4O3S2. The quantitative estimate of drug-likeness (QED) is 0.582. The van der Waals surface area contributed by atoms with Crippen LogP contribution in [0.2, 0.25) is 0 Å². The minimum Gasteiger partial charge on any atom is -0.462 e. The van der Waals surface area contributed by atoms with E-state index in [0.717, 1.165) is 6.42 Å². The maximum Gasteiger partial charge on any atom is 0.338 e. The van der Waals surface area contributed by atoms with Crippen molar-refractivity contribution in [3.63, 3.8) is 0 Å².